The molecule has 0 heterocycles. The second-order valence-electron chi connectivity index (χ2n) is 2.32. The predicted molar refractivity (Wildman–Crippen MR) is 31.8 cm³/mol. The van der Waals surface area contributed by atoms with Gasteiger partial charge in [-0.15, -0.1) is 0 Å². The molecule has 52 valence electrons. The Labute approximate surface area is 53.4 Å². The van der Waals surface area contributed by atoms with Gasteiger partial charge in [-0.3, -0.25) is 4.79 Å². The Morgan fingerprint density at radius 1 is 1.78 bits per heavy atom. The summed E-state index contributed by atoms with van der Waals surface area (Å²) in [6.07, 6.45) is 0.803. The molecule has 0 bridgehead atoms. The highest BCUT2D eigenvalue weighted by Gasteiger charge is 2.50. The lowest BCUT2D eigenvalue weighted by atomic mass is 10.3. The van der Waals surface area contributed by atoms with Crippen LogP contribution in [0.1, 0.15) is 19.8 Å². The molecule has 0 unspecified atom stereocenters. The highest BCUT2D eigenvalue weighted by atomic mass is 19.1. The Balaban J connectivity index is 2.34. The van der Waals surface area contributed by atoms with E-state index in [2.05, 4.69) is 5.32 Å². The van der Waals surface area contributed by atoms with Crippen LogP contribution in [-0.4, -0.2) is 18.1 Å². The molecule has 1 rings (SSSR count). The summed E-state index contributed by atoms with van der Waals surface area (Å²) in [6, 6.07) is 0. The molecule has 0 radical (unpaired) electrons. The topological polar surface area (TPSA) is 29.1 Å². The number of alkyl halides is 1. The average Bonchev–Trinajstić information content (AvgIpc) is 2.50. The maximum Gasteiger partial charge on any atom is 0.257 e. The number of hydrogen-bond donors (Lipinski definition) is 1. The standard InChI is InChI=1S/C6H10FNO/c1-2-8-5(9)6(7)3-4-6/h2-4H2,1H3,(H,8,9). The second-order valence-corrected chi connectivity index (χ2v) is 2.32. The lowest BCUT2D eigenvalue weighted by Crippen LogP contribution is -2.32. The van der Waals surface area contributed by atoms with E-state index in [1.165, 1.54) is 0 Å². The lowest BCUT2D eigenvalue weighted by molar-refractivity contribution is -0.127. The predicted octanol–water partition coefficient (Wildman–Crippen LogP) is 0.625. The van der Waals surface area contributed by atoms with Crippen LogP contribution in [0.15, 0.2) is 0 Å². The minimum atomic E-state index is -1.49. The van der Waals surface area contributed by atoms with Gasteiger partial charge in [-0.1, -0.05) is 0 Å². The van der Waals surface area contributed by atoms with Gasteiger partial charge in [0, 0.05) is 6.54 Å². The lowest BCUT2D eigenvalue weighted by Gasteiger charge is -2.02. The van der Waals surface area contributed by atoms with Crippen molar-refractivity contribution in [3.8, 4) is 0 Å². The van der Waals surface area contributed by atoms with E-state index in [0.717, 1.165) is 0 Å². The quantitative estimate of drug-likeness (QED) is 0.585. The largest absolute Gasteiger partial charge is 0.354 e. The average molecular weight is 131 g/mol. The van der Waals surface area contributed by atoms with E-state index in [1.807, 2.05) is 0 Å². The summed E-state index contributed by atoms with van der Waals surface area (Å²) in [7, 11) is 0. The zero-order valence-corrected chi connectivity index (χ0v) is 5.41. The van der Waals surface area contributed by atoms with E-state index < -0.39 is 11.6 Å². The van der Waals surface area contributed by atoms with Crippen LogP contribution >= 0.6 is 0 Å². The summed E-state index contributed by atoms with van der Waals surface area (Å²) >= 11 is 0. The van der Waals surface area contributed by atoms with E-state index in [-0.39, 0.29) is 0 Å². The first-order chi connectivity index (χ1) is 4.19. The van der Waals surface area contributed by atoms with Crippen molar-refractivity contribution in [2.75, 3.05) is 6.54 Å². The summed E-state index contributed by atoms with van der Waals surface area (Å²) in [5.74, 6) is -0.440. The molecule has 1 N–H and O–H groups in total. The van der Waals surface area contributed by atoms with Crippen molar-refractivity contribution in [1.29, 1.82) is 0 Å². The normalized spacial score (nSPS) is 21.1. The zero-order chi connectivity index (χ0) is 6.91. The molecule has 1 aliphatic rings. The Kier molecular flexibility index (Phi) is 1.43. The maximum absolute atomic E-state index is 12.7. The Hall–Kier alpha value is -0.600. The summed E-state index contributed by atoms with van der Waals surface area (Å²) in [5.41, 5.74) is -1.49. The monoisotopic (exact) mass is 131 g/mol. The Morgan fingerprint density at radius 2 is 2.33 bits per heavy atom. The van der Waals surface area contributed by atoms with Crippen molar-refractivity contribution in [3.05, 3.63) is 0 Å². The molecular weight excluding hydrogens is 121 g/mol. The molecule has 0 atom stereocenters. The van der Waals surface area contributed by atoms with Gasteiger partial charge in [0.1, 0.15) is 0 Å². The fourth-order valence-electron chi connectivity index (χ4n) is 0.656. The maximum atomic E-state index is 12.7. The van der Waals surface area contributed by atoms with Crippen molar-refractivity contribution >= 4 is 5.91 Å². The number of rotatable bonds is 2. The third kappa shape index (κ3) is 1.20. The smallest absolute Gasteiger partial charge is 0.257 e. The highest BCUT2D eigenvalue weighted by Crippen LogP contribution is 2.39. The Bertz CT molecular complexity index is 131. The Morgan fingerprint density at radius 3 is 2.67 bits per heavy atom. The number of hydrogen-bond acceptors (Lipinski definition) is 1. The van der Waals surface area contributed by atoms with Gasteiger partial charge in [0.15, 0.2) is 5.67 Å². The van der Waals surface area contributed by atoms with Crippen LogP contribution in [0, 0.1) is 0 Å². The van der Waals surface area contributed by atoms with Crippen molar-refractivity contribution < 1.29 is 9.18 Å². The van der Waals surface area contributed by atoms with Gasteiger partial charge in [-0.2, -0.15) is 0 Å². The number of halogens is 1. The van der Waals surface area contributed by atoms with Crippen LogP contribution in [-0.2, 0) is 4.79 Å². The zero-order valence-electron chi connectivity index (χ0n) is 5.41. The van der Waals surface area contributed by atoms with Gasteiger partial charge in [0.2, 0.25) is 0 Å². The van der Waals surface area contributed by atoms with Crippen LogP contribution < -0.4 is 5.32 Å². The molecule has 1 amide bonds. The van der Waals surface area contributed by atoms with Gasteiger partial charge < -0.3 is 5.32 Å². The molecule has 1 aliphatic carbocycles. The van der Waals surface area contributed by atoms with Crippen LogP contribution in [0.2, 0.25) is 0 Å². The first-order valence-electron chi connectivity index (χ1n) is 3.16. The molecule has 1 fully saturated rings. The van der Waals surface area contributed by atoms with Crippen LogP contribution in [0.5, 0.6) is 0 Å². The van der Waals surface area contributed by atoms with E-state index in [0.29, 0.717) is 19.4 Å². The number of nitrogens with one attached hydrogen (secondary N) is 1. The van der Waals surface area contributed by atoms with Crippen molar-refractivity contribution in [2.24, 2.45) is 0 Å². The van der Waals surface area contributed by atoms with E-state index in [1.54, 1.807) is 6.92 Å². The number of amides is 1. The summed E-state index contributed by atoms with van der Waals surface area (Å²) in [6.45, 7) is 2.30. The fraction of sp³-hybridized carbons (Fsp3) is 0.833. The molecule has 9 heavy (non-hydrogen) atoms. The van der Waals surface area contributed by atoms with Gasteiger partial charge in [0.25, 0.3) is 5.91 Å². The molecule has 0 aromatic carbocycles. The van der Waals surface area contributed by atoms with Crippen molar-refractivity contribution in [1.82, 2.24) is 5.32 Å². The highest BCUT2D eigenvalue weighted by molar-refractivity contribution is 5.87. The van der Waals surface area contributed by atoms with Crippen molar-refractivity contribution in [2.45, 2.75) is 25.4 Å². The summed E-state index contributed by atoms with van der Waals surface area (Å²) < 4.78 is 12.7. The third-order valence-electron chi connectivity index (χ3n) is 1.43. The first kappa shape index (κ1) is 6.52. The van der Waals surface area contributed by atoms with E-state index in [4.69, 9.17) is 0 Å². The van der Waals surface area contributed by atoms with Crippen LogP contribution in [0.25, 0.3) is 0 Å². The van der Waals surface area contributed by atoms with E-state index in [9.17, 15) is 9.18 Å². The van der Waals surface area contributed by atoms with Crippen LogP contribution in [0.3, 0.4) is 0 Å². The minimum Gasteiger partial charge on any atom is -0.354 e. The molecule has 2 nitrogen and oxygen atoms in total. The van der Waals surface area contributed by atoms with Gasteiger partial charge >= 0.3 is 0 Å². The van der Waals surface area contributed by atoms with Crippen molar-refractivity contribution in [3.63, 3.8) is 0 Å². The fourth-order valence-corrected chi connectivity index (χ4v) is 0.656. The molecule has 0 spiro atoms. The van der Waals surface area contributed by atoms with Gasteiger partial charge in [0.05, 0.1) is 0 Å². The SMILES string of the molecule is CCNC(=O)C1(F)CC1. The summed E-state index contributed by atoms with van der Waals surface area (Å²) in [5, 5.41) is 2.43. The second kappa shape index (κ2) is 1.97. The molecule has 0 aliphatic heterocycles. The minimum absolute atomic E-state index is 0.402. The third-order valence-corrected chi connectivity index (χ3v) is 1.43. The summed E-state index contributed by atoms with van der Waals surface area (Å²) in [4.78, 5) is 10.6. The van der Waals surface area contributed by atoms with Gasteiger partial charge in [-0.05, 0) is 19.8 Å². The molecule has 1 saturated carbocycles. The van der Waals surface area contributed by atoms with Gasteiger partial charge in [-0.25, -0.2) is 4.39 Å². The van der Waals surface area contributed by atoms with Crippen LogP contribution in [0.4, 0.5) is 4.39 Å². The molecular formula is C6H10FNO. The molecule has 3 heteroatoms. The molecule has 0 aromatic heterocycles. The number of carbonyl (C=O) groups excluding carboxylic acids is 1. The molecule has 0 aromatic rings. The van der Waals surface area contributed by atoms with E-state index >= 15 is 0 Å². The first-order valence-corrected chi connectivity index (χ1v) is 3.16. The molecule has 0 saturated heterocycles. The number of carbonyl (C=O) groups is 1.